The van der Waals surface area contributed by atoms with E-state index in [1.165, 1.54) is 42.4 Å². The highest BCUT2D eigenvalue weighted by atomic mass is 32.2. The Labute approximate surface area is 220 Å². The maximum Gasteiger partial charge on any atom is 0.341 e. The smallest absolute Gasteiger partial charge is 0.341 e. The van der Waals surface area contributed by atoms with E-state index in [-0.39, 0.29) is 18.3 Å². The number of benzene rings is 1. The van der Waals surface area contributed by atoms with Crippen molar-refractivity contribution < 1.29 is 14.3 Å². The summed E-state index contributed by atoms with van der Waals surface area (Å²) >= 11 is 2.75. The maximum atomic E-state index is 12.9. The molecule has 1 N–H and O–H groups in total. The second-order valence-corrected chi connectivity index (χ2v) is 11.0. The lowest BCUT2D eigenvalue weighted by atomic mass is 10.1. The van der Waals surface area contributed by atoms with Crippen LogP contribution in [0.1, 0.15) is 58.4 Å². The van der Waals surface area contributed by atoms with Gasteiger partial charge in [-0.1, -0.05) is 48.5 Å². The molecule has 2 aromatic heterocycles. The number of aryl methyl sites for hydroxylation is 1. The van der Waals surface area contributed by atoms with E-state index in [4.69, 9.17) is 4.74 Å². The fraction of sp³-hybridized carbons (Fsp3) is 0.462. The van der Waals surface area contributed by atoms with Crippen LogP contribution in [0.25, 0.3) is 0 Å². The molecular weight excluding hydrogens is 494 g/mol. The second kappa shape index (κ2) is 12.5. The Kier molecular flexibility index (Phi) is 9.17. The molecule has 0 unspecified atom stereocenters. The van der Waals surface area contributed by atoms with Gasteiger partial charge in [0.05, 0.1) is 31.0 Å². The monoisotopic (exact) mass is 527 g/mol. The van der Waals surface area contributed by atoms with Gasteiger partial charge < -0.3 is 14.6 Å². The van der Waals surface area contributed by atoms with Crippen molar-refractivity contribution in [2.75, 3.05) is 30.8 Å². The van der Waals surface area contributed by atoms with E-state index >= 15 is 0 Å². The van der Waals surface area contributed by atoms with E-state index in [2.05, 4.69) is 37.1 Å². The highest BCUT2D eigenvalue weighted by molar-refractivity contribution is 7.99. The molecule has 0 saturated carbocycles. The van der Waals surface area contributed by atoms with Crippen molar-refractivity contribution in [1.29, 1.82) is 0 Å². The summed E-state index contributed by atoms with van der Waals surface area (Å²) in [7, 11) is 0. The number of carbonyl (C=O) groups is 2. The van der Waals surface area contributed by atoms with E-state index in [9.17, 15) is 9.59 Å². The molecule has 1 aliphatic rings. The summed E-state index contributed by atoms with van der Waals surface area (Å²) in [4.78, 5) is 28.7. The molecular formula is C26H33N5O3S2. The number of aromatic nitrogens is 3. The molecule has 0 atom stereocenters. The molecule has 1 saturated heterocycles. The highest BCUT2D eigenvalue weighted by Gasteiger charge is 2.23. The normalized spacial score (nSPS) is 14.1. The number of hydrogen-bond acceptors (Lipinski definition) is 8. The molecule has 0 spiro atoms. The van der Waals surface area contributed by atoms with E-state index in [0.29, 0.717) is 22.3 Å². The Hall–Kier alpha value is -2.69. The fourth-order valence-corrected chi connectivity index (χ4v) is 6.06. The SMILES string of the molecule is CCOC(=O)c1c(NC(=O)CSc2nnc(CN3CCCCC3)n2Cc2ccccc2)sc(C)c1C. The molecule has 8 nitrogen and oxygen atoms in total. The van der Waals surface area contributed by atoms with Gasteiger partial charge in [0.15, 0.2) is 5.16 Å². The van der Waals surface area contributed by atoms with Gasteiger partial charge in [0.25, 0.3) is 0 Å². The van der Waals surface area contributed by atoms with Crippen LogP contribution in [-0.4, -0.2) is 57.0 Å². The molecule has 0 aliphatic carbocycles. The predicted molar refractivity (Wildman–Crippen MR) is 144 cm³/mol. The molecule has 1 aromatic carbocycles. The van der Waals surface area contributed by atoms with Gasteiger partial charge in [-0.25, -0.2) is 4.79 Å². The van der Waals surface area contributed by atoms with Crippen LogP contribution in [0.3, 0.4) is 0 Å². The van der Waals surface area contributed by atoms with Gasteiger partial charge >= 0.3 is 5.97 Å². The summed E-state index contributed by atoms with van der Waals surface area (Å²) in [6.45, 7) is 9.42. The number of nitrogens with one attached hydrogen (secondary N) is 1. The topological polar surface area (TPSA) is 89.3 Å². The van der Waals surface area contributed by atoms with Crippen LogP contribution in [-0.2, 0) is 22.6 Å². The average Bonchev–Trinajstić information content (AvgIpc) is 3.38. The minimum atomic E-state index is -0.410. The molecule has 10 heteroatoms. The average molecular weight is 528 g/mol. The number of amides is 1. The Balaban J connectivity index is 1.47. The van der Waals surface area contributed by atoms with Gasteiger partial charge in [-0.3, -0.25) is 9.69 Å². The molecule has 3 heterocycles. The summed E-state index contributed by atoms with van der Waals surface area (Å²) in [5.74, 6) is 0.471. The number of likely N-dealkylation sites (tertiary alicyclic amines) is 1. The van der Waals surface area contributed by atoms with Gasteiger partial charge in [-0.15, -0.1) is 21.5 Å². The quantitative estimate of drug-likeness (QED) is 0.296. The third kappa shape index (κ3) is 6.54. The Morgan fingerprint density at radius 2 is 1.83 bits per heavy atom. The number of piperidine rings is 1. The van der Waals surface area contributed by atoms with Crippen LogP contribution in [0.15, 0.2) is 35.5 Å². The predicted octanol–water partition coefficient (Wildman–Crippen LogP) is 4.90. The molecule has 192 valence electrons. The largest absolute Gasteiger partial charge is 0.462 e. The van der Waals surface area contributed by atoms with E-state index in [0.717, 1.165) is 41.5 Å². The van der Waals surface area contributed by atoms with Gasteiger partial charge in [0, 0.05) is 4.88 Å². The molecule has 3 aromatic rings. The van der Waals surface area contributed by atoms with E-state index in [1.54, 1.807) is 6.92 Å². The third-order valence-corrected chi connectivity index (χ3v) is 8.33. The van der Waals surface area contributed by atoms with Crippen LogP contribution in [0, 0.1) is 13.8 Å². The molecule has 0 bridgehead atoms. The molecule has 0 radical (unpaired) electrons. The zero-order chi connectivity index (χ0) is 25.5. The van der Waals surface area contributed by atoms with Gasteiger partial charge in [-0.05, 0) is 57.8 Å². The van der Waals surface area contributed by atoms with Crippen molar-refractivity contribution in [2.45, 2.75) is 58.3 Å². The zero-order valence-electron chi connectivity index (χ0n) is 21.1. The first kappa shape index (κ1) is 26.4. The van der Waals surface area contributed by atoms with E-state index < -0.39 is 5.97 Å². The van der Waals surface area contributed by atoms with Crippen molar-refractivity contribution in [3.8, 4) is 0 Å². The Morgan fingerprint density at radius 3 is 2.56 bits per heavy atom. The van der Waals surface area contributed by atoms with Crippen LogP contribution >= 0.6 is 23.1 Å². The number of anilines is 1. The van der Waals surface area contributed by atoms with Crippen LogP contribution in [0.4, 0.5) is 5.00 Å². The molecule has 1 fully saturated rings. The van der Waals surface area contributed by atoms with Crippen LogP contribution in [0.5, 0.6) is 0 Å². The fourth-order valence-electron chi connectivity index (χ4n) is 4.24. The summed E-state index contributed by atoms with van der Waals surface area (Å²) in [5.41, 5.74) is 2.44. The van der Waals surface area contributed by atoms with Crippen molar-refractivity contribution in [3.05, 3.63) is 57.7 Å². The second-order valence-electron chi connectivity index (χ2n) is 8.85. The minimum absolute atomic E-state index is 0.162. The first-order chi connectivity index (χ1) is 17.5. The van der Waals surface area contributed by atoms with Gasteiger partial charge in [0.1, 0.15) is 10.8 Å². The molecule has 1 aliphatic heterocycles. The Morgan fingerprint density at radius 1 is 1.08 bits per heavy atom. The zero-order valence-corrected chi connectivity index (χ0v) is 22.7. The van der Waals surface area contributed by atoms with Crippen molar-refractivity contribution in [3.63, 3.8) is 0 Å². The summed E-state index contributed by atoms with van der Waals surface area (Å²) in [6.07, 6.45) is 3.71. The summed E-state index contributed by atoms with van der Waals surface area (Å²) in [6, 6.07) is 10.2. The lowest BCUT2D eigenvalue weighted by molar-refractivity contribution is -0.113. The van der Waals surface area contributed by atoms with Crippen LogP contribution in [0.2, 0.25) is 0 Å². The number of carbonyl (C=O) groups excluding carboxylic acids is 2. The number of rotatable bonds is 10. The standard InChI is InChI=1S/C26H33N5O3S2/c1-4-34-25(33)23-18(2)19(3)36-24(23)27-22(32)17-35-26-29-28-21(16-30-13-9-6-10-14-30)31(26)15-20-11-7-5-8-12-20/h5,7-8,11-12H,4,6,9-10,13-17H2,1-3H3,(H,27,32). The van der Waals surface area contributed by atoms with Crippen LogP contribution < -0.4 is 5.32 Å². The number of esters is 1. The number of thioether (sulfide) groups is 1. The van der Waals surface area contributed by atoms with Gasteiger partial charge in [0.2, 0.25) is 5.91 Å². The maximum absolute atomic E-state index is 12.9. The lowest BCUT2D eigenvalue weighted by Crippen LogP contribution is -2.30. The third-order valence-electron chi connectivity index (χ3n) is 6.24. The lowest BCUT2D eigenvalue weighted by Gasteiger charge is -2.26. The minimum Gasteiger partial charge on any atom is -0.462 e. The molecule has 36 heavy (non-hydrogen) atoms. The number of ether oxygens (including phenoxy) is 1. The Bertz CT molecular complexity index is 1190. The van der Waals surface area contributed by atoms with Crippen molar-refractivity contribution in [2.24, 2.45) is 0 Å². The number of thiophene rings is 1. The van der Waals surface area contributed by atoms with Crippen molar-refractivity contribution in [1.82, 2.24) is 19.7 Å². The number of nitrogens with zero attached hydrogens (tertiary/aromatic N) is 4. The van der Waals surface area contributed by atoms with E-state index in [1.807, 2.05) is 32.0 Å². The first-order valence-electron chi connectivity index (χ1n) is 12.3. The van der Waals surface area contributed by atoms with Crippen molar-refractivity contribution >= 4 is 40.0 Å². The summed E-state index contributed by atoms with van der Waals surface area (Å²) < 4.78 is 7.31. The molecule has 1 amide bonds. The molecule has 4 rings (SSSR count). The number of hydrogen-bond donors (Lipinski definition) is 1. The highest BCUT2D eigenvalue weighted by Crippen LogP contribution is 2.33. The van der Waals surface area contributed by atoms with Gasteiger partial charge in [-0.2, -0.15) is 0 Å². The first-order valence-corrected chi connectivity index (χ1v) is 14.1. The summed E-state index contributed by atoms with van der Waals surface area (Å²) in [5, 5.41) is 13.1.